The minimum Gasteiger partial charge on any atom is -0.384 e. The van der Waals surface area contributed by atoms with Gasteiger partial charge in [0, 0.05) is 19.6 Å². The summed E-state index contributed by atoms with van der Waals surface area (Å²) in [6.45, 7) is 6.29. The van der Waals surface area contributed by atoms with Crippen LogP contribution in [0, 0.1) is 10.8 Å². The van der Waals surface area contributed by atoms with Crippen LogP contribution in [0.3, 0.4) is 0 Å². The third kappa shape index (κ3) is 2.12. The Hall–Kier alpha value is -0.0800. The first-order valence-electron chi connectivity index (χ1n) is 5.56. The molecule has 0 atom stereocenters. The summed E-state index contributed by atoms with van der Waals surface area (Å²) in [5, 5.41) is 0. The number of methoxy groups -OCH3 is 2. The van der Waals surface area contributed by atoms with Crippen molar-refractivity contribution in [2.24, 2.45) is 10.8 Å². The molecule has 0 aromatic carbocycles. The lowest BCUT2D eigenvalue weighted by Gasteiger charge is -2.43. The van der Waals surface area contributed by atoms with Gasteiger partial charge in [0.25, 0.3) is 0 Å². The van der Waals surface area contributed by atoms with E-state index in [4.69, 9.17) is 9.47 Å². The third-order valence-corrected chi connectivity index (χ3v) is 4.09. The van der Waals surface area contributed by atoms with E-state index in [0.717, 1.165) is 13.2 Å². The number of hydrogen-bond acceptors (Lipinski definition) is 2. The van der Waals surface area contributed by atoms with Crippen LogP contribution in [-0.2, 0) is 9.47 Å². The second kappa shape index (κ2) is 4.63. The monoisotopic (exact) mass is 200 g/mol. The molecule has 2 nitrogen and oxygen atoms in total. The molecule has 0 radical (unpaired) electrons. The number of hydrogen-bond donors (Lipinski definition) is 0. The highest BCUT2D eigenvalue weighted by Gasteiger charge is 2.46. The van der Waals surface area contributed by atoms with Gasteiger partial charge < -0.3 is 9.47 Å². The first kappa shape index (κ1) is 12.0. The van der Waals surface area contributed by atoms with E-state index in [9.17, 15) is 0 Å². The molecule has 0 amide bonds. The molecular formula is C12H24O2. The first-order valence-corrected chi connectivity index (χ1v) is 5.56. The Bertz CT molecular complexity index is 165. The van der Waals surface area contributed by atoms with Crippen molar-refractivity contribution >= 4 is 0 Å². The number of ether oxygens (including phenoxy) is 2. The molecule has 1 aliphatic rings. The molecule has 1 fully saturated rings. The molecule has 2 heteroatoms. The summed E-state index contributed by atoms with van der Waals surface area (Å²) in [6, 6.07) is 0. The lowest BCUT2D eigenvalue weighted by atomic mass is 9.65. The van der Waals surface area contributed by atoms with Crippen molar-refractivity contribution in [3.63, 3.8) is 0 Å². The van der Waals surface area contributed by atoms with Crippen LogP contribution in [0.1, 0.15) is 39.5 Å². The second-order valence-electron chi connectivity index (χ2n) is 5.19. The summed E-state index contributed by atoms with van der Waals surface area (Å²) < 4.78 is 10.7. The molecule has 84 valence electrons. The molecule has 1 aliphatic carbocycles. The quantitative estimate of drug-likeness (QED) is 0.679. The van der Waals surface area contributed by atoms with E-state index >= 15 is 0 Å². The van der Waals surface area contributed by atoms with E-state index in [0.29, 0.717) is 5.41 Å². The lowest BCUT2D eigenvalue weighted by Crippen LogP contribution is -2.42. The Morgan fingerprint density at radius 1 is 1.07 bits per heavy atom. The van der Waals surface area contributed by atoms with E-state index in [1.54, 1.807) is 14.2 Å². The molecule has 0 bridgehead atoms. The average Bonchev–Trinajstić information content (AvgIpc) is 2.54. The van der Waals surface area contributed by atoms with Gasteiger partial charge in [-0.25, -0.2) is 0 Å². The molecule has 0 spiro atoms. The highest BCUT2D eigenvalue weighted by molar-refractivity contribution is 4.95. The molecule has 0 aromatic heterocycles. The summed E-state index contributed by atoms with van der Waals surface area (Å²) >= 11 is 0. The van der Waals surface area contributed by atoms with Crippen molar-refractivity contribution in [3.8, 4) is 0 Å². The molecule has 1 rings (SSSR count). The Morgan fingerprint density at radius 2 is 1.50 bits per heavy atom. The average molecular weight is 200 g/mol. The van der Waals surface area contributed by atoms with Gasteiger partial charge in [-0.05, 0) is 18.3 Å². The van der Waals surface area contributed by atoms with Crippen LogP contribution in [0.4, 0.5) is 0 Å². The summed E-state index contributed by atoms with van der Waals surface area (Å²) in [5.74, 6) is 0. The molecule has 0 saturated heterocycles. The molecule has 0 heterocycles. The molecule has 14 heavy (non-hydrogen) atoms. The van der Waals surface area contributed by atoms with Crippen molar-refractivity contribution in [2.45, 2.75) is 39.5 Å². The normalized spacial score (nSPS) is 21.4. The minimum absolute atomic E-state index is 0.174. The van der Waals surface area contributed by atoms with Gasteiger partial charge in [-0.15, -0.1) is 0 Å². The van der Waals surface area contributed by atoms with Crippen molar-refractivity contribution in [1.82, 2.24) is 0 Å². The highest BCUT2D eigenvalue weighted by atomic mass is 16.5. The molecule has 0 aromatic rings. The van der Waals surface area contributed by atoms with Gasteiger partial charge in [-0.1, -0.05) is 26.7 Å². The van der Waals surface area contributed by atoms with Crippen molar-refractivity contribution in [1.29, 1.82) is 0 Å². The molecule has 0 unspecified atom stereocenters. The highest BCUT2D eigenvalue weighted by Crippen LogP contribution is 2.51. The standard InChI is InChI=1S/C12H24O2/c1-11(7-5-6-8-11)12(2,9-13-3)10-14-4/h5-10H2,1-4H3. The maximum Gasteiger partial charge on any atom is 0.0543 e. The zero-order chi connectivity index (χ0) is 10.7. The lowest BCUT2D eigenvalue weighted by molar-refractivity contribution is -0.0601. The van der Waals surface area contributed by atoms with Crippen LogP contribution in [0.25, 0.3) is 0 Å². The Kier molecular flexibility index (Phi) is 3.96. The maximum absolute atomic E-state index is 5.36. The first-order chi connectivity index (χ1) is 6.58. The predicted molar refractivity (Wildman–Crippen MR) is 58.4 cm³/mol. The van der Waals surface area contributed by atoms with Gasteiger partial charge in [0.2, 0.25) is 0 Å². The Morgan fingerprint density at radius 3 is 1.86 bits per heavy atom. The largest absolute Gasteiger partial charge is 0.384 e. The zero-order valence-electron chi connectivity index (χ0n) is 10.1. The molecule has 0 N–H and O–H groups in total. The van der Waals surface area contributed by atoms with E-state index in [-0.39, 0.29) is 5.41 Å². The third-order valence-electron chi connectivity index (χ3n) is 4.09. The summed E-state index contributed by atoms with van der Waals surface area (Å²) in [6.07, 6.45) is 5.35. The van der Waals surface area contributed by atoms with E-state index in [1.807, 2.05) is 0 Å². The van der Waals surface area contributed by atoms with Crippen LogP contribution in [-0.4, -0.2) is 27.4 Å². The van der Waals surface area contributed by atoms with E-state index in [1.165, 1.54) is 25.7 Å². The minimum atomic E-state index is 0.174. The van der Waals surface area contributed by atoms with Crippen molar-refractivity contribution < 1.29 is 9.47 Å². The molecule has 1 saturated carbocycles. The zero-order valence-corrected chi connectivity index (χ0v) is 10.1. The van der Waals surface area contributed by atoms with Crippen LogP contribution in [0.2, 0.25) is 0 Å². The Balaban J connectivity index is 2.73. The van der Waals surface area contributed by atoms with Crippen molar-refractivity contribution in [3.05, 3.63) is 0 Å². The summed E-state index contributed by atoms with van der Waals surface area (Å²) in [5.41, 5.74) is 0.575. The summed E-state index contributed by atoms with van der Waals surface area (Å²) in [7, 11) is 3.57. The van der Waals surface area contributed by atoms with Crippen LogP contribution in [0.15, 0.2) is 0 Å². The van der Waals surface area contributed by atoms with Gasteiger partial charge >= 0.3 is 0 Å². The topological polar surface area (TPSA) is 18.5 Å². The number of rotatable bonds is 5. The second-order valence-corrected chi connectivity index (χ2v) is 5.19. The van der Waals surface area contributed by atoms with Gasteiger partial charge in [0.1, 0.15) is 0 Å². The van der Waals surface area contributed by atoms with E-state index in [2.05, 4.69) is 13.8 Å². The predicted octanol–water partition coefficient (Wildman–Crippen LogP) is 2.87. The SMILES string of the molecule is COCC(C)(COC)C1(C)CCCC1. The molecular weight excluding hydrogens is 176 g/mol. The van der Waals surface area contributed by atoms with Gasteiger partial charge in [0.05, 0.1) is 13.2 Å². The summed E-state index contributed by atoms with van der Waals surface area (Å²) in [4.78, 5) is 0. The van der Waals surface area contributed by atoms with E-state index < -0.39 is 0 Å². The maximum atomic E-state index is 5.36. The fraction of sp³-hybridized carbons (Fsp3) is 1.00. The van der Waals surface area contributed by atoms with Crippen LogP contribution < -0.4 is 0 Å². The molecule has 0 aliphatic heterocycles. The van der Waals surface area contributed by atoms with Crippen molar-refractivity contribution in [2.75, 3.05) is 27.4 Å². The fourth-order valence-electron chi connectivity index (χ4n) is 2.79. The van der Waals surface area contributed by atoms with Gasteiger partial charge in [-0.3, -0.25) is 0 Å². The fourth-order valence-corrected chi connectivity index (χ4v) is 2.79. The van der Waals surface area contributed by atoms with Crippen LogP contribution in [0.5, 0.6) is 0 Å². The van der Waals surface area contributed by atoms with Gasteiger partial charge in [0.15, 0.2) is 0 Å². The smallest absolute Gasteiger partial charge is 0.0543 e. The Labute approximate surface area is 88.0 Å². The van der Waals surface area contributed by atoms with Crippen LogP contribution >= 0.6 is 0 Å². The van der Waals surface area contributed by atoms with Gasteiger partial charge in [-0.2, -0.15) is 0 Å².